The SMILES string of the molecule is Cc1ccc(F)c(C(=O)NC(CO)(CO)CO)c1F. The summed E-state index contributed by atoms with van der Waals surface area (Å²) in [4.78, 5) is 11.8. The summed E-state index contributed by atoms with van der Waals surface area (Å²) in [6.07, 6.45) is 0. The van der Waals surface area contributed by atoms with Crippen LogP contribution in [-0.4, -0.2) is 46.6 Å². The van der Waals surface area contributed by atoms with Gasteiger partial charge in [0.05, 0.1) is 19.8 Å². The molecule has 5 nitrogen and oxygen atoms in total. The first-order valence-corrected chi connectivity index (χ1v) is 5.50. The highest BCUT2D eigenvalue weighted by molar-refractivity contribution is 5.95. The molecular weight excluding hydrogens is 260 g/mol. The number of nitrogens with one attached hydrogen (secondary N) is 1. The molecule has 106 valence electrons. The smallest absolute Gasteiger partial charge is 0.257 e. The highest BCUT2D eigenvalue weighted by atomic mass is 19.1. The van der Waals surface area contributed by atoms with Crippen molar-refractivity contribution in [1.82, 2.24) is 5.32 Å². The Bertz CT molecular complexity index is 467. The van der Waals surface area contributed by atoms with E-state index in [1.807, 2.05) is 5.32 Å². The number of hydrogen-bond donors (Lipinski definition) is 4. The molecule has 1 aromatic carbocycles. The molecule has 1 amide bonds. The lowest BCUT2D eigenvalue weighted by molar-refractivity contribution is 0.0371. The van der Waals surface area contributed by atoms with E-state index in [1.54, 1.807) is 0 Å². The van der Waals surface area contributed by atoms with E-state index in [4.69, 9.17) is 15.3 Å². The first kappa shape index (κ1) is 15.5. The van der Waals surface area contributed by atoms with Gasteiger partial charge in [0.1, 0.15) is 22.7 Å². The third-order valence-electron chi connectivity index (χ3n) is 2.80. The van der Waals surface area contributed by atoms with E-state index in [0.29, 0.717) is 0 Å². The van der Waals surface area contributed by atoms with Crippen molar-refractivity contribution >= 4 is 5.91 Å². The van der Waals surface area contributed by atoms with Crippen molar-refractivity contribution in [2.45, 2.75) is 12.5 Å². The molecule has 0 unspecified atom stereocenters. The summed E-state index contributed by atoms with van der Waals surface area (Å²) >= 11 is 0. The predicted octanol–water partition coefficient (Wildman–Crippen LogP) is -0.281. The van der Waals surface area contributed by atoms with Gasteiger partial charge in [-0.15, -0.1) is 0 Å². The van der Waals surface area contributed by atoms with E-state index in [1.165, 1.54) is 13.0 Å². The average molecular weight is 275 g/mol. The van der Waals surface area contributed by atoms with Crippen LogP contribution in [0.25, 0.3) is 0 Å². The minimum absolute atomic E-state index is 0.0779. The lowest BCUT2D eigenvalue weighted by atomic mass is 10.0. The van der Waals surface area contributed by atoms with Gasteiger partial charge in [0, 0.05) is 0 Å². The average Bonchev–Trinajstić information content (AvgIpc) is 2.41. The van der Waals surface area contributed by atoms with Gasteiger partial charge in [-0.25, -0.2) is 8.78 Å². The number of aliphatic hydroxyl groups is 3. The van der Waals surface area contributed by atoms with Crippen molar-refractivity contribution in [2.24, 2.45) is 0 Å². The van der Waals surface area contributed by atoms with E-state index < -0.39 is 48.5 Å². The number of hydrogen-bond acceptors (Lipinski definition) is 4. The molecule has 0 spiro atoms. The Hall–Kier alpha value is -1.57. The minimum atomic E-state index is -1.74. The number of halogens is 2. The summed E-state index contributed by atoms with van der Waals surface area (Å²) in [5, 5.41) is 29.2. The van der Waals surface area contributed by atoms with Crippen LogP contribution in [0.4, 0.5) is 8.78 Å². The molecule has 4 N–H and O–H groups in total. The molecule has 0 aromatic heterocycles. The molecule has 0 bridgehead atoms. The number of amides is 1. The molecule has 0 heterocycles. The van der Waals surface area contributed by atoms with Gasteiger partial charge in [0.25, 0.3) is 5.91 Å². The molecule has 0 aliphatic rings. The Morgan fingerprint density at radius 3 is 2.21 bits per heavy atom. The van der Waals surface area contributed by atoms with E-state index in [9.17, 15) is 13.6 Å². The normalized spacial score (nSPS) is 11.5. The maximum Gasteiger partial charge on any atom is 0.257 e. The summed E-state index contributed by atoms with van der Waals surface area (Å²) < 4.78 is 27.2. The molecule has 0 radical (unpaired) electrons. The van der Waals surface area contributed by atoms with Gasteiger partial charge in [0.2, 0.25) is 0 Å². The van der Waals surface area contributed by atoms with Crippen molar-refractivity contribution in [2.75, 3.05) is 19.8 Å². The van der Waals surface area contributed by atoms with Crippen LogP contribution in [-0.2, 0) is 0 Å². The Balaban J connectivity index is 3.11. The second-order valence-electron chi connectivity index (χ2n) is 4.26. The zero-order chi connectivity index (χ0) is 14.6. The molecule has 0 saturated carbocycles. The largest absolute Gasteiger partial charge is 0.394 e. The van der Waals surface area contributed by atoms with Crippen molar-refractivity contribution in [3.63, 3.8) is 0 Å². The maximum absolute atomic E-state index is 13.7. The van der Waals surface area contributed by atoms with Crippen LogP contribution < -0.4 is 5.32 Å². The van der Waals surface area contributed by atoms with Gasteiger partial charge in [-0.05, 0) is 18.6 Å². The molecular formula is C12H15F2NO4. The van der Waals surface area contributed by atoms with Gasteiger partial charge in [-0.1, -0.05) is 6.07 Å². The Morgan fingerprint density at radius 1 is 1.21 bits per heavy atom. The second kappa shape index (κ2) is 6.05. The zero-order valence-electron chi connectivity index (χ0n) is 10.3. The van der Waals surface area contributed by atoms with Crippen LogP contribution in [0.1, 0.15) is 15.9 Å². The van der Waals surface area contributed by atoms with Gasteiger partial charge in [0.15, 0.2) is 0 Å². The second-order valence-corrected chi connectivity index (χ2v) is 4.26. The Kier molecular flexibility index (Phi) is 4.93. The van der Waals surface area contributed by atoms with Gasteiger partial charge in [-0.3, -0.25) is 4.79 Å². The fourth-order valence-electron chi connectivity index (χ4n) is 1.44. The van der Waals surface area contributed by atoms with Crippen LogP contribution in [0, 0.1) is 18.6 Å². The highest BCUT2D eigenvalue weighted by Crippen LogP contribution is 2.17. The molecule has 0 saturated heterocycles. The van der Waals surface area contributed by atoms with E-state index in [0.717, 1.165) is 6.07 Å². The van der Waals surface area contributed by atoms with Crippen LogP contribution in [0.5, 0.6) is 0 Å². The molecule has 1 rings (SSSR count). The molecule has 0 fully saturated rings. The maximum atomic E-state index is 13.7. The summed E-state index contributed by atoms with van der Waals surface area (Å²) in [5.74, 6) is -3.25. The van der Waals surface area contributed by atoms with E-state index in [-0.39, 0.29) is 5.56 Å². The molecule has 7 heteroatoms. The topological polar surface area (TPSA) is 89.8 Å². The molecule has 0 atom stereocenters. The molecule has 0 aliphatic carbocycles. The number of carbonyl (C=O) groups is 1. The van der Waals surface area contributed by atoms with Crippen LogP contribution in [0.3, 0.4) is 0 Å². The first-order valence-electron chi connectivity index (χ1n) is 5.50. The first-order chi connectivity index (χ1) is 8.90. The molecule has 1 aromatic rings. The van der Waals surface area contributed by atoms with E-state index >= 15 is 0 Å². The van der Waals surface area contributed by atoms with Crippen LogP contribution >= 0.6 is 0 Å². The molecule has 19 heavy (non-hydrogen) atoms. The van der Waals surface area contributed by atoms with Gasteiger partial charge >= 0.3 is 0 Å². The third kappa shape index (κ3) is 3.06. The van der Waals surface area contributed by atoms with E-state index in [2.05, 4.69) is 0 Å². The van der Waals surface area contributed by atoms with Crippen LogP contribution in [0.2, 0.25) is 0 Å². The van der Waals surface area contributed by atoms with Gasteiger partial charge < -0.3 is 20.6 Å². The highest BCUT2D eigenvalue weighted by Gasteiger charge is 2.32. The fourth-order valence-corrected chi connectivity index (χ4v) is 1.44. The van der Waals surface area contributed by atoms with Crippen molar-refractivity contribution in [3.05, 3.63) is 34.9 Å². The monoisotopic (exact) mass is 275 g/mol. The zero-order valence-corrected chi connectivity index (χ0v) is 10.3. The Labute approximate surface area is 108 Å². The number of aliphatic hydroxyl groups excluding tert-OH is 3. The lowest BCUT2D eigenvalue weighted by Crippen LogP contribution is -2.57. The summed E-state index contributed by atoms with van der Waals surface area (Å²) in [5.41, 5.74) is -2.48. The van der Waals surface area contributed by atoms with Crippen LogP contribution in [0.15, 0.2) is 12.1 Å². The third-order valence-corrected chi connectivity index (χ3v) is 2.80. The number of aryl methyl sites for hydroxylation is 1. The fraction of sp³-hybridized carbons (Fsp3) is 0.417. The van der Waals surface area contributed by atoms with Crippen molar-refractivity contribution < 1.29 is 28.9 Å². The number of rotatable bonds is 5. The standard InChI is InChI=1S/C12H15F2NO4/c1-7-2-3-8(13)9(10(7)14)11(19)15-12(4-16,5-17)6-18/h2-3,16-18H,4-6H2,1H3,(H,15,19). The lowest BCUT2D eigenvalue weighted by Gasteiger charge is -2.28. The summed E-state index contributed by atoms with van der Waals surface area (Å²) in [6.45, 7) is -0.967. The predicted molar refractivity (Wildman–Crippen MR) is 62.5 cm³/mol. The quantitative estimate of drug-likeness (QED) is 0.595. The minimum Gasteiger partial charge on any atom is -0.394 e. The number of benzene rings is 1. The Morgan fingerprint density at radius 2 is 1.74 bits per heavy atom. The number of carbonyl (C=O) groups excluding carboxylic acids is 1. The van der Waals surface area contributed by atoms with Crippen molar-refractivity contribution in [3.8, 4) is 0 Å². The van der Waals surface area contributed by atoms with Gasteiger partial charge in [-0.2, -0.15) is 0 Å². The molecule has 0 aliphatic heterocycles. The van der Waals surface area contributed by atoms with Crippen molar-refractivity contribution in [1.29, 1.82) is 0 Å². The summed E-state index contributed by atoms with van der Waals surface area (Å²) in [6, 6.07) is 2.12. The summed E-state index contributed by atoms with van der Waals surface area (Å²) in [7, 11) is 0.